The molecule has 32 heavy (non-hydrogen) atoms. The number of hydrogen-bond acceptors (Lipinski definition) is 5. The molecule has 8 nitrogen and oxygen atoms in total. The first-order valence-corrected chi connectivity index (χ1v) is 11.6. The van der Waals surface area contributed by atoms with Crippen LogP contribution < -0.4 is 5.32 Å². The van der Waals surface area contributed by atoms with Gasteiger partial charge >= 0.3 is 12.0 Å². The lowest BCUT2D eigenvalue weighted by Gasteiger charge is -2.48. The summed E-state index contributed by atoms with van der Waals surface area (Å²) in [6, 6.07) is 3.02. The Morgan fingerprint density at radius 2 is 1.88 bits per heavy atom. The van der Waals surface area contributed by atoms with Crippen LogP contribution in [0.5, 0.6) is 0 Å². The zero-order valence-electron chi connectivity index (χ0n) is 18.9. The number of carboxylic acid groups (broad SMARTS) is 1. The van der Waals surface area contributed by atoms with Gasteiger partial charge in [0.15, 0.2) is 6.10 Å². The van der Waals surface area contributed by atoms with Crippen LogP contribution in [-0.4, -0.2) is 79.0 Å². The molecule has 0 aliphatic carbocycles. The predicted molar refractivity (Wildman–Crippen MR) is 120 cm³/mol. The van der Waals surface area contributed by atoms with E-state index in [1.807, 2.05) is 21.9 Å². The number of ether oxygens (including phenoxy) is 2. The highest BCUT2D eigenvalue weighted by atomic mass is 35.5. The molecule has 3 unspecified atom stereocenters. The number of fused-ring (bicyclic) bond motifs is 1. The fourth-order valence-corrected chi connectivity index (χ4v) is 5.40. The van der Waals surface area contributed by atoms with Gasteiger partial charge < -0.3 is 29.7 Å². The van der Waals surface area contributed by atoms with Gasteiger partial charge in [-0.05, 0) is 40.7 Å². The molecule has 2 N–H and O–H groups in total. The summed E-state index contributed by atoms with van der Waals surface area (Å²) in [7, 11) is 0. The first kappa shape index (κ1) is 23.3. The van der Waals surface area contributed by atoms with Crippen LogP contribution in [0.1, 0.15) is 49.5 Å². The number of amides is 2. The monoisotopic (exact) mass is 465 g/mol. The lowest BCUT2D eigenvalue weighted by molar-refractivity contribution is -0.155. The van der Waals surface area contributed by atoms with Gasteiger partial charge in [0, 0.05) is 31.2 Å². The maximum absolute atomic E-state index is 13.6. The molecule has 0 radical (unpaired) electrons. The molecule has 0 saturated carbocycles. The van der Waals surface area contributed by atoms with E-state index in [2.05, 4.69) is 26.1 Å². The van der Waals surface area contributed by atoms with Crippen molar-refractivity contribution in [3.05, 3.63) is 33.8 Å². The van der Waals surface area contributed by atoms with Crippen molar-refractivity contribution in [3.8, 4) is 0 Å². The summed E-state index contributed by atoms with van der Waals surface area (Å²) < 4.78 is 11.0. The SMILES string of the molecule is CC(C)(C)C1c2c(cc(Cl)cc2C2NCCOC2C(=O)O)CCN1C(=O)N1CCOCC1. The van der Waals surface area contributed by atoms with Crippen molar-refractivity contribution in [1.82, 2.24) is 15.1 Å². The molecule has 176 valence electrons. The molecule has 0 bridgehead atoms. The number of benzene rings is 1. The minimum absolute atomic E-state index is 0.00223. The van der Waals surface area contributed by atoms with Gasteiger partial charge in [0.1, 0.15) is 0 Å². The lowest BCUT2D eigenvalue weighted by Crippen LogP contribution is -2.54. The Morgan fingerprint density at radius 1 is 1.16 bits per heavy atom. The summed E-state index contributed by atoms with van der Waals surface area (Å²) >= 11 is 6.49. The van der Waals surface area contributed by atoms with E-state index < -0.39 is 18.1 Å². The third kappa shape index (κ3) is 4.46. The number of urea groups is 1. The number of nitrogens with zero attached hydrogens (tertiary/aromatic N) is 2. The minimum Gasteiger partial charge on any atom is -0.479 e. The van der Waals surface area contributed by atoms with Gasteiger partial charge in [-0.15, -0.1) is 0 Å². The molecule has 9 heteroatoms. The molecular formula is C23H32ClN3O5. The average Bonchev–Trinajstić information content (AvgIpc) is 2.77. The summed E-state index contributed by atoms with van der Waals surface area (Å²) in [6.45, 7) is 10.0. The first-order valence-electron chi connectivity index (χ1n) is 11.2. The van der Waals surface area contributed by atoms with Gasteiger partial charge in [0.2, 0.25) is 0 Å². The fourth-order valence-electron chi connectivity index (χ4n) is 5.15. The Balaban J connectivity index is 1.81. The number of carbonyl (C=O) groups excluding carboxylic acids is 1. The highest BCUT2D eigenvalue weighted by molar-refractivity contribution is 6.30. The summed E-state index contributed by atoms with van der Waals surface area (Å²) in [6.07, 6.45) is -0.353. The maximum Gasteiger partial charge on any atom is 0.334 e. The zero-order chi connectivity index (χ0) is 23.0. The number of carboxylic acids is 1. The van der Waals surface area contributed by atoms with Crippen LogP contribution in [0.3, 0.4) is 0 Å². The quantitative estimate of drug-likeness (QED) is 0.697. The average molecular weight is 466 g/mol. The smallest absolute Gasteiger partial charge is 0.334 e. The molecule has 3 heterocycles. The molecule has 1 aromatic rings. The molecule has 2 amide bonds. The number of nitrogens with one attached hydrogen (secondary N) is 1. The molecule has 2 fully saturated rings. The van der Waals surface area contributed by atoms with Crippen molar-refractivity contribution in [2.24, 2.45) is 5.41 Å². The molecule has 3 aliphatic heterocycles. The van der Waals surface area contributed by atoms with Crippen molar-refractivity contribution in [2.75, 3.05) is 46.0 Å². The molecule has 0 spiro atoms. The van der Waals surface area contributed by atoms with E-state index in [1.165, 1.54) is 0 Å². The zero-order valence-corrected chi connectivity index (χ0v) is 19.7. The maximum atomic E-state index is 13.6. The molecular weight excluding hydrogens is 434 g/mol. The lowest BCUT2D eigenvalue weighted by atomic mass is 9.74. The van der Waals surface area contributed by atoms with Crippen LogP contribution in [-0.2, 0) is 20.7 Å². The van der Waals surface area contributed by atoms with Gasteiger partial charge in [-0.25, -0.2) is 9.59 Å². The Hall–Kier alpha value is -1.87. The first-order chi connectivity index (χ1) is 15.2. The second kappa shape index (κ2) is 9.17. The predicted octanol–water partition coefficient (Wildman–Crippen LogP) is 2.85. The molecule has 1 aromatic carbocycles. The number of aliphatic carboxylic acids is 1. The largest absolute Gasteiger partial charge is 0.479 e. The summed E-state index contributed by atoms with van der Waals surface area (Å²) in [5.41, 5.74) is 2.58. The summed E-state index contributed by atoms with van der Waals surface area (Å²) in [4.78, 5) is 29.4. The normalized spacial score (nSPS) is 26.6. The van der Waals surface area contributed by atoms with Gasteiger partial charge in [-0.3, -0.25) is 0 Å². The van der Waals surface area contributed by atoms with Gasteiger partial charge in [0.05, 0.1) is 31.9 Å². The van der Waals surface area contributed by atoms with Crippen molar-refractivity contribution in [2.45, 2.75) is 45.4 Å². The van der Waals surface area contributed by atoms with Crippen molar-refractivity contribution < 1.29 is 24.2 Å². The van der Waals surface area contributed by atoms with Crippen LogP contribution in [0.2, 0.25) is 5.02 Å². The molecule has 2 saturated heterocycles. The van der Waals surface area contributed by atoms with Gasteiger partial charge in [-0.2, -0.15) is 0 Å². The van der Waals surface area contributed by atoms with Crippen LogP contribution >= 0.6 is 11.6 Å². The number of rotatable bonds is 2. The Labute approximate surface area is 193 Å². The molecule has 3 aliphatic rings. The third-order valence-corrected chi connectivity index (χ3v) is 6.68. The van der Waals surface area contributed by atoms with E-state index in [0.29, 0.717) is 57.4 Å². The molecule has 3 atom stereocenters. The van der Waals surface area contributed by atoms with E-state index in [1.54, 1.807) is 0 Å². The van der Waals surface area contributed by atoms with Gasteiger partial charge in [-0.1, -0.05) is 32.4 Å². The summed E-state index contributed by atoms with van der Waals surface area (Å²) in [5.74, 6) is -1.01. The van der Waals surface area contributed by atoms with E-state index >= 15 is 0 Å². The number of carbonyl (C=O) groups is 2. The van der Waals surface area contributed by atoms with Crippen LogP contribution in [0.4, 0.5) is 4.79 Å². The van der Waals surface area contributed by atoms with E-state index in [0.717, 1.165) is 16.7 Å². The molecule has 0 aromatic heterocycles. The van der Waals surface area contributed by atoms with Crippen LogP contribution in [0, 0.1) is 5.41 Å². The highest BCUT2D eigenvalue weighted by Gasteiger charge is 2.44. The Bertz CT molecular complexity index is 881. The second-order valence-electron chi connectivity index (χ2n) is 9.72. The number of halogens is 1. The van der Waals surface area contributed by atoms with Crippen molar-refractivity contribution >= 4 is 23.6 Å². The van der Waals surface area contributed by atoms with Gasteiger partial charge in [0.25, 0.3) is 0 Å². The Kier molecular flexibility index (Phi) is 6.68. The van der Waals surface area contributed by atoms with Crippen molar-refractivity contribution in [1.29, 1.82) is 0 Å². The second-order valence-corrected chi connectivity index (χ2v) is 10.2. The van der Waals surface area contributed by atoms with E-state index in [4.69, 9.17) is 21.1 Å². The highest BCUT2D eigenvalue weighted by Crippen LogP contribution is 2.47. The third-order valence-electron chi connectivity index (χ3n) is 6.46. The number of morpholine rings is 2. The minimum atomic E-state index is -1.02. The van der Waals surface area contributed by atoms with Crippen LogP contribution in [0.15, 0.2) is 12.1 Å². The Morgan fingerprint density at radius 3 is 2.53 bits per heavy atom. The fraction of sp³-hybridized carbons (Fsp3) is 0.652. The number of hydrogen-bond donors (Lipinski definition) is 2. The van der Waals surface area contributed by atoms with E-state index in [9.17, 15) is 14.7 Å². The summed E-state index contributed by atoms with van der Waals surface area (Å²) in [5, 5.41) is 13.7. The van der Waals surface area contributed by atoms with Crippen LogP contribution in [0.25, 0.3) is 0 Å². The standard InChI is InChI=1S/C23H32ClN3O5/c1-23(2,3)20-17-14(4-6-27(20)22(30)26-7-10-31-11-8-26)12-15(24)13-16(17)18-19(21(28)29)32-9-5-25-18/h12-13,18-20,25H,4-11H2,1-3H3,(H,28,29). The topological polar surface area (TPSA) is 91.3 Å². The molecule has 4 rings (SSSR count). The van der Waals surface area contributed by atoms with Crippen molar-refractivity contribution in [3.63, 3.8) is 0 Å². The van der Waals surface area contributed by atoms with E-state index in [-0.39, 0.29) is 17.5 Å².